The minimum absolute atomic E-state index is 0.0671. The summed E-state index contributed by atoms with van der Waals surface area (Å²) in [7, 11) is 0. The summed E-state index contributed by atoms with van der Waals surface area (Å²) in [6.07, 6.45) is 4.79. The van der Waals surface area contributed by atoms with Gasteiger partial charge in [0.15, 0.2) is 0 Å². The molecule has 1 aromatic carbocycles. The summed E-state index contributed by atoms with van der Waals surface area (Å²) >= 11 is 0. The number of aliphatic carboxylic acids is 1. The molecule has 0 saturated carbocycles. The van der Waals surface area contributed by atoms with Gasteiger partial charge >= 0.3 is 5.97 Å². The Morgan fingerprint density at radius 3 is 1.73 bits per heavy atom. The van der Waals surface area contributed by atoms with E-state index in [1.165, 1.54) is 0 Å². The van der Waals surface area contributed by atoms with Crippen LogP contribution in [-0.2, 0) is 17.6 Å². The SMILES string of the molecule is CC(C)(CO)CCCc1ccc(-c2ccccc2-c2ccc(CCCC(C)(C)C(=O)O)o2)o1. The molecule has 2 aromatic heterocycles. The predicted octanol–water partition coefficient (Wildman–Crippen LogP) is 6.98. The van der Waals surface area contributed by atoms with Gasteiger partial charge in [0.05, 0.1) is 5.41 Å². The largest absolute Gasteiger partial charge is 0.481 e. The molecule has 2 heterocycles. The van der Waals surface area contributed by atoms with Gasteiger partial charge in [-0.2, -0.15) is 0 Å². The first-order chi connectivity index (χ1) is 15.6. The van der Waals surface area contributed by atoms with E-state index in [2.05, 4.69) is 13.8 Å². The summed E-state index contributed by atoms with van der Waals surface area (Å²) in [5.41, 5.74) is 1.15. The lowest BCUT2D eigenvalue weighted by Gasteiger charge is -2.20. The van der Waals surface area contributed by atoms with Crippen LogP contribution < -0.4 is 0 Å². The van der Waals surface area contributed by atoms with Crippen LogP contribution in [0.4, 0.5) is 0 Å². The van der Waals surface area contributed by atoms with Gasteiger partial charge in [-0.25, -0.2) is 0 Å². The first kappa shape index (κ1) is 24.8. The Labute approximate surface area is 196 Å². The summed E-state index contributed by atoms with van der Waals surface area (Å²) in [5.74, 6) is 2.61. The fraction of sp³-hybridized carbons (Fsp3) is 0.464. The van der Waals surface area contributed by atoms with Crippen LogP contribution in [0.25, 0.3) is 22.6 Å². The number of carbonyl (C=O) groups is 1. The van der Waals surface area contributed by atoms with Crippen LogP contribution in [0.2, 0.25) is 0 Å². The van der Waals surface area contributed by atoms with Gasteiger partial charge in [0.1, 0.15) is 23.0 Å². The maximum Gasteiger partial charge on any atom is 0.309 e. The molecule has 33 heavy (non-hydrogen) atoms. The molecule has 0 amide bonds. The molecule has 0 spiro atoms. The highest BCUT2D eigenvalue weighted by Gasteiger charge is 2.26. The predicted molar refractivity (Wildman–Crippen MR) is 130 cm³/mol. The van der Waals surface area contributed by atoms with Crippen LogP contribution in [0.15, 0.2) is 57.4 Å². The van der Waals surface area contributed by atoms with Crippen molar-refractivity contribution in [3.8, 4) is 22.6 Å². The van der Waals surface area contributed by atoms with Crippen LogP contribution in [-0.4, -0.2) is 22.8 Å². The normalized spacial score (nSPS) is 12.3. The summed E-state index contributed by atoms with van der Waals surface area (Å²) in [4.78, 5) is 11.3. The molecule has 0 aliphatic rings. The minimum atomic E-state index is -0.772. The number of benzene rings is 1. The van der Waals surface area contributed by atoms with Crippen molar-refractivity contribution in [1.29, 1.82) is 0 Å². The number of hydrogen-bond donors (Lipinski definition) is 2. The summed E-state index contributed by atoms with van der Waals surface area (Å²) < 4.78 is 12.3. The van der Waals surface area contributed by atoms with E-state index < -0.39 is 11.4 Å². The fourth-order valence-electron chi connectivity index (χ4n) is 3.86. The number of furan rings is 2. The second-order valence-corrected chi connectivity index (χ2v) is 10.3. The number of carboxylic acids is 1. The molecule has 5 nitrogen and oxygen atoms in total. The Balaban J connectivity index is 1.68. The number of aryl methyl sites for hydroxylation is 2. The number of rotatable bonds is 12. The van der Waals surface area contributed by atoms with Crippen molar-refractivity contribution in [1.82, 2.24) is 0 Å². The third kappa shape index (κ3) is 6.61. The summed E-state index contributed by atoms with van der Waals surface area (Å²) in [6, 6.07) is 16.0. The van der Waals surface area contributed by atoms with Gasteiger partial charge in [0.25, 0.3) is 0 Å². The quantitative estimate of drug-likeness (QED) is 0.310. The maximum absolute atomic E-state index is 11.3. The minimum Gasteiger partial charge on any atom is -0.481 e. The zero-order valence-corrected chi connectivity index (χ0v) is 20.2. The third-order valence-electron chi connectivity index (χ3n) is 6.29. The van der Waals surface area contributed by atoms with Gasteiger partial charge in [-0.1, -0.05) is 38.1 Å². The highest BCUT2D eigenvalue weighted by Crippen LogP contribution is 2.35. The molecule has 0 aliphatic carbocycles. The van der Waals surface area contributed by atoms with E-state index in [1.807, 2.05) is 48.5 Å². The fourth-order valence-corrected chi connectivity index (χ4v) is 3.86. The van der Waals surface area contributed by atoms with Crippen LogP contribution in [0.1, 0.15) is 64.9 Å². The van der Waals surface area contributed by atoms with Crippen LogP contribution in [0, 0.1) is 10.8 Å². The van der Waals surface area contributed by atoms with Crippen molar-refractivity contribution in [3.63, 3.8) is 0 Å². The molecule has 0 bridgehead atoms. The molecule has 0 saturated heterocycles. The molecular formula is C28H36O5. The van der Waals surface area contributed by atoms with E-state index >= 15 is 0 Å². The Morgan fingerprint density at radius 2 is 1.27 bits per heavy atom. The molecule has 0 aliphatic heterocycles. The van der Waals surface area contributed by atoms with Crippen LogP contribution in [0.5, 0.6) is 0 Å². The van der Waals surface area contributed by atoms with E-state index in [1.54, 1.807) is 13.8 Å². The highest BCUT2D eigenvalue weighted by atomic mass is 16.4. The van der Waals surface area contributed by atoms with Gasteiger partial charge in [-0.15, -0.1) is 0 Å². The maximum atomic E-state index is 11.3. The number of aliphatic hydroxyl groups is 1. The molecule has 0 unspecified atom stereocenters. The van der Waals surface area contributed by atoms with E-state index in [-0.39, 0.29) is 12.0 Å². The van der Waals surface area contributed by atoms with Gasteiger partial charge < -0.3 is 19.0 Å². The Morgan fingerprint density at radius 1 is 0.788 bits per heavy atom. The zero-order valence-electron chi connectivity index (χ0n) is 20.2. The monoisotopic (exact) mass is 452 g/mol. The summed E-state index contributed by atoms with van der Waals surface area (Å²) in [6.45, 7) is 7.84. The van der Waals surface area contributed by atoms with Gasteiger partial charge in [0, 0.05) is 30.6 Å². The molecule has 0 atom stereocenters. The molecular weight excluding hydrogens is 416 g/mol. The van der Waals surface area contributed by atoms with Crippen molar-refractivity contribution in [2.75, 3.05) is 6.61 Å². The average Bonchev–Trinajstić information content (AvgIpc) is 3.43. The lowest BCUT2D eigenvalue weighted by Crippen LogP contribution is -2.23. The molecule has 5 heteroatoms. The molecule has 0 radical (unpaired) electrons. The highest BCUT2D eigenvalue weighted by molar-refractivity contribution is 5.78. The van der Waals surface area contributed by atoms with Gasteiger partial charge in [-0.3, -0.25) is 4.79 Å². The zero-order chi connectivity index (χ0) is 24.1. The summed E-state index contributed by atoms with van der Waals surface area (Å²) in [5, 5.41) is 18.7. The topological polar surface area (TPSA) is 83.8 Å². The first-order valence-corrected chi connectivity index (χ1v) is 11.7. The Bertz CT molecular complexity index is 1050. The molecule has 2 N–H and O–H groups in total. The van der Waals surface area contributed by atoms with E-state index in [4.69, 9.17) is 8.83 Å². The molecule has 0 fully saturated rings. The van der Waals surface area contributed by atoms with Crippen LogP contribution >= 0.6 is 0 Å². The lowest BCUT2D eigenvalue weighted by molar-refractivity contribution is -0.147. The second-order valence-electron chi connectivity index (χ2n) is 10.3. The standard InChI is InChI=1S/C28H36O5/c1-27(2,19-29)17-7-9-20-13-15-24(32-20)22-11-5-6-12-23(22)25-16-14-21(33-25)10-8-18-28(3,4)26(30)31/h5-6,11-16,29H,7-10,17-19H2,1-4H3,(H,30,31). The Hall–Kier alpha value is -2.79. The number of aliphatic hydroxyl groups excluding tert-OH is 1. The van der Waals surface area contributed by atoms with Gasteiger partial charge in [0.2, 0.25) is 0 Å². The van der Waals surface area contributed by atoms with Crippen molar-refractivity contribution < 1.29 is 23.8 Å². The van der Waals surface area contributed by atoms with E-state index in [0.29, 0.717) is 12.8 Å². The Kier molecular flexibility index (Phi) is 7.85. The van der Waals surface area contributed by atoms with Crippen molar-refractivity contribution >= 4 is 5.97 Å². The van der Waals surface area contributed by atoms with Crippen molar-refractivity contribution in [2.45, 2.75) is 66.2 Å². The first-order valence-electron chi connectivity index (χ1n) is 11.7. The third-order valence-corrected chi connectivity index (χ3v) is 6.29. The number of carboxylic acid groups (broad SMARTS) is 1. The van der Waals surface area contributed by atoms with E-state index in [0.717, 1.165) is 59.9 Å². The molecule has 178 valence electrons. The van der Waals surface area contributed by atoms with Gasteiger partial charge in [-0.05, 0) is 69.2 Å². The van der Waals surface area contributed by atoms with E-state index in [9.17, 15) is 15.0 Å². The smallest absolute Gasteiger partial charge is 0.309 e. The second kappa shape index (κ2) is 10.4. The van der Waals surface area contributed by atoms with Crippen molar-refractivity contribution in [3.05, 3.63) is 60.1 Å². The van der Waals surface area contributed by atoms with Crippen LogP contribution in [0.3, 0.4) is 0 Å². The lowest BCUT2D eigenvalue weighted by atomic mass is 9.87. The average molecular weight is 453 g/mol. The molecule has 3 aromatic rings. The number of hydrogen-bond acceptors (Lipinski definition) is 4. The molecule has 3 rings (SSSR count). The van der Waals surface area contributed by atoms with Crippen molar-refractivity contribution in [2.24, 2.45) is 10.8 Å².